The molecule has 0 aliphatic heterocycles. The summed E-state index contributed by atoms with van der Waals surface area (Å²) in [7, 11) is 0. The van der Waals surface area contributed by atoms with Crippen molar-refractivity contribution in [3.63, 3.8) is 0 Å². The lowest BCUT2D eigenvalue weighted by atomic mass is 10.1. The van der Waals surface area contributed by atoms with Crippen LogP contribution in [0.3, 0.4) is 0 Å². The van der Waals surface area contributed by atoms with E-state index in [1.165, 1.54) is 12.1 Å². The number of carbonyl (C=O) groups is 3. The lowest BCUT2D eigenvalue weighted by Crippen LogP contribution is -2.25. The van der Waals surface area contributed by atoms with E-state index in [9.17, 15) is 19.5 Å². The fourth-order valence-corrected chi connectivity index (χ4v) is 1.06. The van der Waals surface area contributed by atoms with E-state index in [0.717, 1.165) is 0 Å². The highest BCUT2D eigenvalue weighted by atomic mass is 16.6. The Hall–Kier alpha value is -2.01. The number of esters is 1. The van der Waals surface area contributed by atoms with Crippen LogP contribution >= 0.6 is 0 Å². The summed E-state index contributed by atoms with van der Waals surface area (Å²) >= 11 is 0. The van der Waals surface area contributed by atoms with E-state index in [2.05, 4.69) is 4.74 Å². The molecule has 5 heteroatoms. The van der Waals surface area contributed by atoms with Gasteiger partial charge in [-0.2, -0.15) is 0 Å². The third-order valence-electron chi connectivity index (χ3n) is 1.86. The molecule has 5 nitrogen and oxygen atoms in total. The maximum Gasteiger partial charge on any atom is 0.340 e. The number of aldehydes is 2. The second kappa shape index (κ2) is 5.77. The molecule has 0 bridgehead atoms. The zero-order chi connectivity index (χ0) is 12.0. The van der Waals surface area contributed by atoms with Gasteiger partial charge in [0.05, 0.1) is 0 Å². The topological polar surface area (TPSA) is 80.7 Å². The predicted molar refractivity (Wildman–Crippen MR) is 53.4 cm³/mol. The molecule has 1 aromatic rings. The number of benzene rings is 1. The number of hydrogen-bond acceptors (Lipinski definition) is 5. The third-order valence-corrected chi connectivity index (χ3v) is 1.86. The van der Waals surface area contributed by atoms with E-state index in [-0.39, 0.29) is 12.6 Å². The molecular weight excluding hydrogens is 212 g/mol. The van der Waals surface area contributed by atoms with Gasteiger partial charge < -0.3 is 9.84 Å². The van der Waals surface area contributed by atoms with Crippen LogP contribution in [0.5, 0.6) is 0 Å². The summed E-state index contributed by atoms with van der Waals surface area (Å²) in [6.45, 7) is 0. The van der Waals surface area contributed by atoms with E-state index in [1.807, 2.05) is 0 Å². The quantitative estimate of drug-likeness (QED) is 0.432. The Morgan fingerprint density at radius 1 is 1.19 bits per heavy atom. The van der Waals surface area contributed by atoms with Gasteiger partial charge in [-0.05, 0) is 5.56 Å². The fraction of sp³-hybridized carbons (Fsp3) is 0.182. The van der Waals surface area contributed by atoms with Gasteiger partial charge in [0, 0.05) is 0 Å². The summed E-state index contributed by atoms with van der Waals surface area (Å²) in [4.78, 5) is 31.8. The Bertz CT molecular complexity index is 365. The molecular formula is C11H10O5. The third kappa shape index (κ3) is 2.99. The summed E-state index contributed by atoms with van der Waals surface area (Å²) in [5.41, 5.74) is 0.336. The van der Waals surface area contributed by atoms with Crippen LogP contribution in [0.25, 0.3) is 0 Å². The van der Waals surface area contributed by atoms with Crippen LogP contribution in [0, 0.1) is 0 Å². The Morgan fingerprint density at radius 2 is 1.75 bits per heavy atom. The monoisotopic (exact) mass is 222 g/mol. The molecule has 16 heavy (non-hydrogen) atoms. The first-order chi connectivity index (χ1) is 7.69. The van der Waals surface area contributed by atoms with E-state index >= 15 is 0 Å². The summed E-state index contributed by atoms with van der Waals surface area (Å²) in [5, 5.41) is 9.52. The molecule has 1 atom stereocenters. The molecule has 1 rings (SSSR count). The standard InChI is InChI=1S/C11H10O5/c12-6-9(7-13)16-11(15)10(14)8-4-2-1-3-5-8/h1-7,9-10,14H. The largest absolute Gasteiger partial charge is 0.445 e. The lowest BCUT2D eigenvalue weighted by Gasteiger charge is -2.11. The number of hydrogen-bond donors (Lipinski definition) is 1. The van der Waals surface area contributed by atoms with Crippen molar-refractivity contribution in [2.24, 2.45) is 0 Å². The van der Waals surface area contributed by atoms with Crippen LogP contribution in [0.4, 0.5) is 0 Å². The average molecular weight is 222 g/mol. The van der Waals surface area contributed by atoms with Gasteiger partial charge in [0.25, 0.3) is 0 Å². The molecule has 0 aromatic heterocycles. The zero-order valence-electron chi connectivity index (χ0n) is 8.28. The van der Waals surface area contributed by atoms with Crippen LogP contribution in [0.15, 0.2) is 30.3 Å². The Kier molecular flexibility index (Phi) is 4.35. The van der Waals surface area contributed by atoms with Gasteiger partial charge in [-0.15, -0.1) is 0 Å². The molecule has 84 valence electrons. The number of aliphatic hydroxyl groups is 1. The van der Waals surface area contributed by atoms with Gasteiger partial charge in [-0.3, -0.25) is 9.59 Å². The van der Waals surface area contributed by atoms with Crippen LogP contribution in [0.2, 0.25) is 0 Å². The minimum atomic E-state index is -1.50. The normalized spacial score (nSPS) is 11.9. The highest BCUT2D eigenvalue weighted by Gasteiger charge is 2.22. The molecule has 0 aliphatic rings. The Balaban J connectivity index is 2.68. The van der Waals surface area contributed by atoms with Crippen LogP contribution < -0.4 is 0 Å². The number of rotatable bonds is 5. The SMILES string of the molecule is O=CC(C=O)OC(=O)C(O)c1ccccc1. The van der Waals surface area contributed by atoms with Crippen molar-refractivity contribution in [3.8, 4) is 0 Å². The van der Waals surface area contributed by atoms with Gasteiger partial charge >= 0.3 is 5.97 Å². The predicted octanol–water partition coefficient (Wildman–Crippen LogP) is 0.0296. The van der Waals surface area contributed by atoms with Gasteiger partial charge in [0.2, 0.25) is 6.10 Å². The minimum absolute atomic E-state index is 0.183. The summed E-state index contributed by atoms with van der Waals surface area (Å²) < 4.78 is 4.44. The number of ether oxygens (including phenoxy) is 1. The number of aliphatic hydroxyl groups excluding tert-OH is 1. The van der Waals surface area contributed by atoms with Gasteiger partial charge in [-0.25, -0.2) is 4.79 Å². The van der Waals surface area contributed by atoms with Crippen molar-refractivity contribution in [3.05, 3.63) is 35.9 Å². The molecule has 0 saturated carbocycles. The van der Waals surface area contributed by atoms with Crippen LogP contribution in [-0.4, -0.2) is 29.8 Å². The van der Waals surface area contributed by atoms with Crippen molar-refractivity contribution in [2.45, 2.75) is 12.2 Å². The second-order valence-electron chi connectivity index (χ2n) is 2.99. The first-order valence-corrected chi connectivity index (χ1v) is 4.53. The summed E-state index contributed by atoms with van der Waals surface area (Å²) in [5.74, 6) is -1.03. The molecule has 1 unspecified atom stereocenters. The first-order valence-electron chi connectivity index (χ1n) is 4.53. The maximum absolute atomic E-state index is 11.3. The Morgan fingerprint density at radius 3 is 2.25 bits per heavy atom. The van der Waals surface area contributed by atoms with E-state index < -0.39 is 18.2 Å². The molecule has 1 aromatic carbocycles. The molecule has 0 heterocycles. The van der Waals surface area contributed by atoms with Crippen molar-refractivity contribution >= 4 is 18.5 Å². The molecule has 0 fully saturated rings. The molecule has 0 spiro atoms. The fourth-order valence-electron chi connectivity index (χ4n) is 1.06. The van der Waals surface area contributed by atoms with E-state index in [4.69, 9.17) is 0 Å². The zero-order valence-corrected chi connectivity index (χ0v) is 8.28. The summed E-state index contributed by atoms with van der Waals surface area (Å²) in [6.07, 6.45) is -2.60. The molecule has 0 radical (unpaired) electrons. The second-order valence-corrected chi connectivity index (χ2v) is 2.99. The highest BCUT2D eigenvalue weighted by Crippen LogP contribution is 2.13. The molecule has 0 saturated heterocycles. The minimum Gasteiger partial charge on any atom is -0.445 e. The van der Waals surface area contributed by atoms with E-state index in [1.54, 1.807) is 18.2 Å². The van der Waals surface area contributed by atoms with Crippen LogP contribution in [0.1, 0.15) is 11.7 Å². The van der Waals surface area contributed by atoms with E-state index in [0.29, 0.717) is 5.56 Å². The maximum atomic E-state index is 11.3. The van der Waals surface area contributed by atoms with Crippen molar-refractivity contribution < 1.29 is 24.2 Å². The van der Waals surface area contributed by atoms with Crippen molar-refractivity contribution in [2.75, 3.05) is 0 Å². The van der Waals surface area contributed by atoms with Gasteiger partial charge in [0.1, 0.15) is 0 Å². The average Bonchev–Trinajstić information content (AvgIpc) is 2.35. The highest BCUT2D eigenvalue weighted by molar-refractivity contribution is 5.86. The van der Waals surface area contributed by atoms with Gasteiger partial charge in [-0.1, -0.05) is 30.3 Å². The Labute approximate surface area is 91.6 Å². The lowest BCUT2D eigenvalue weighted by molar-refractivity contribution is -0.162. The number of carbonyl (C=O) groups excluding carboxylic acids is 3. The molecule has 0 amide bonds. The molecule has 1 N–H and O–H groups in total. The van der Waals surface area contributed by atoms with Crippen molar-refractivity contribution in [1.82, 2.24) is 0 Å². The molecule has 0 aliphatic carbocycles. The van der Waals surface area contributed by atoms with Crippen molar-refractivity contribution in [1.29, 1.82) is 0 Å². The van der Waals surface area contributed by atoms with Crippen LogP contribution in [-0.2, 0) is 19.1 Å². The summed E-state index contributed by atoms with van der Waals surface area (Å²) in [6, 6.07) is 8.07. The van der Waals surface area contributed by atoms with Gasteiger partial charge in [0.15, 0.2) is 18.7 Å². The smallest absolute Gasteiger partial charge is 0.340 e. The first kappa shape index (κ1) is 12.1.